The molecule has 0 amide bonds. The van der Waals surface area contributed by atoms with Crippen molar-refractivity contribution in [3.63, 3.8) is 0 Å². The number of hydrogen-bond donors (Lipinski definition) is 1. The molecule has 2 rings (SSSR count). The summed E-state index contributed by atoms with van der Waals surface area (Å²) < 4.78 is 0. The van der Waals surface area contributed by atoms with Crippen molar-refractivity contribution in [3.05, 3.63) is 0 Å². The number of hydrogen-bond acceptors (Lipinski definition) is 2. The SMILES string of the molecule is CCC1CN(CC2(C(=O)O)CCCCC2)C1. The van der Waals surface area contributed by atoms with Crippen LogP contribution in [0, 0.1) is 11.3 Å². The highest BCUT2D eigenvalue weighted by Crippen LogP contribution is 2.38. The van der Waals surface area contributed by atoms with Gasteiger partial charge in [0.2, 0.25) is 0 Å². The predicted octanol–water partition coefficient (Wildman–Crippen LogP) is 2.36. The highest BCUT2D eigenvalue weighted by molar-refractivity contribution is 5.75. The molecule has 0 bridgehead atoms. The summed E-state index contributed by atoms with van der Waals surface area (Å²) in [4.78, 5) is 13.8. The number of rotatable bonds is 4. The van der Waals surface area contributed by atoms with E-state index in [1.165, 1.54) is 12.8 Å². The lowest BCUT2D eigenvalue weighted by molar-refractivity contribution is -0.154. The van der Waals surface area contributed by atoms with E-state index in [0.717, 1.165) is 51.2 Å². The molecule has 3 heteroatoms. The zero-order valence-corrected chi connectivity index (χ0v) is 10.2. The number of aliphatic carboxylic acids is 1. The van der Waals surface area contributed by atoms with Crippen LogP contribution in [0.4, 0.5) is 0 Å². The van der Waals surface area contributed by atoms with Crippen LogP contribution in [0.15, 0.2) is 0 Å². The largest absolute Gasteiger partial charge is 0.481 e. The minimum Gasteiger partial charge on any atom is -0.481 e. The topological polar surface area (TPSA) is 40.5 Å². The number of likely N-dealkylation sites (tertiary alicyclic amines) is 1. The molecule has 3 nitrogen and oxygen atoms in total. The molecule has 0 unspecified atom stereocenters. The van der Waals surface area contributed by atoms with Gasteiger partial charge in [0.15, 0.2) is 0 Å². The smallest absolute Gasteiger partial charge is 0.310 e. The van der Waals surface area contributed by atoms with Crippen molar-refractivity contribution in [2.75, 3.05) is 19.6 Å². The van der Waals surface area contributed by atoms with Gasteiger partial charge >= 0.3 is 5.97 Å². The van der Waals surface area contributed by atoms with Gasteiger partial charge in [-0.15, -0.1) is 0 Å². The van der Waals surface area contributed by atoms with E-state index >= 15 is 0 Å². The van der Waals surface area contributed by atoms with Crippen LogP contribution in [0.2, 0.25) is 0 Å². The normalized spacial score (nSPS) is 26.3. The van der Waals surface area contributed by atoms with Gasteiger partial charge in [0.05, 0.1) is 5.41 Å². The molecule has 0 aromatic carbocycles. The molecule has 1 N–H and O–H groups in total. The maximum absolute atomic E-state index is 11.5. The lowest BCUT2D eigenvalue weighted by Crippen LogP contribution is -2.53. The molecule has 0 aromatic rings. The number of carboxylic acids is 1. The Morgan fingerprint density at radius 2 is 1.94 bits per heavy atom. The van der Waals surface area contributed by atoms with Gasteiger partial charge in [0.25, 0.3) is 0 Å². The second kappa shape index (κ2) is 4.74. The fourth-order valence-corrected chi connectivity index (χ4v) is 3.16. The van der Waals surface area contributed by atoms with Gasteiger partial charge in [0, 0.05) is 19.6 Å². The third-order valence-electron chi connectivity index (χ3n) is 4.40. The van der Waals surface area contributed by atoms with Crippen LogP contribution in [-0.2, 0) is 4.79 Å². The van der Waals surface area contributed by atoms with Crippen LogP contribution in [-0.4, -0.2) is 35.6 Å². The first kappa shape index (κ1) is 11.9. The summed E-state index contributed by atoms with van der Waals surface area (Å²) in [6.45, 7) is 5.24. The van der Waals surface area contributed by atoms with Crippen molar-refractivity contribution in [1.29, 1.82) is 0 Å². The Labute approximate surface area is 97.8 Å². The summed E-state index contributed by atoms with van der Waals surface area (Å²) in [6, 6.07) is 0. The van der Waals surface area contributed by atoms with E-state index in [1.807, 2.05) is 0 Å². The summed E-state index contributed by atoms with van der Waals surface area (Å²) in [7, 11) is 0. The van der Waals surface area contributed by atoms with E-state index in [9.17, 15) is 9.90 Å². The van der Waals surface area contributed by atoms with Gasteiger partial charge in [-0.25, -0.2) is 0 Å². The van der Waals surface area contributed by atoms with E-state index in [1.54, 1.807) is 0 Å². The molecule has 1 saturated heterocycles. The summed E-state index contributed by atoms with van der Waals surface area (Å²) in [6.07, 6.45) is 6.41. The molecule has 1 heterocycles. The highest BCUT2D eigenvalue weighted by atomic mass is 16.4. The zero-order chi connectivity index (χ0) is 11.6. The first-order valence-corrected chi connectivity index (χ1v) is 6.62. The molecule has 0 atom stereocenters. The first-order chi connectivity index (χ1) is 7.66. The number of carbonyl (C=O) groups is 1. The standard InChI is InChI=1S/C13H23NO2/c1-2-11-8-14(9-11)10-13(12(15)16)6-4-3-5-7-13/h11H,2-10H2,1H3,(H,15,16). The summed E-state index contributed by atoms with van der Waals surface area (Å²) in [5, 5.41) is 9.45. The van der Waals surface area contributed by atoms with Crippen molar-refractivity contribution < 1.29 is 9.90 Å². The molecule has 1 aliphatic carbocycles. The van der Waals surface area contributed by atoms with E-state index in [0.29, 0.717) is 0 Å². The molecular weight excluding hydrogens is 202 g/mol. The van der Waals surface area contributed by atoms with Gasteiger partial charge < -0.3 is 10.0 Å². The second-order valence-corrected chi connectivity index (χ2v) is 5.61. The van der Waals surface area contributed by atoms with Crippen LogP contribution in [0.25, 0.3) is 0 Å². The summed E-state index contributed by atoms with van der Waals surface area (Å²) in [5.41, 5.74) is -0.420. The van der Waals surface area contributed by atoms with E-state index < -0.39 is 11.4 Å². The fraction of sp³-hybridized carbons (Fsp3) is 0.923. The lowest BCUT2D eigenvalue weighted by atomic mass is 9.73. The van der Waals surface area contributed by atoms with E-state index in [2.05, 4.69) is 11.8 Å². The van der Waals surface area contributed by atoms with E-state index in [-0.39, 0.29) is 0 Å². The number of carboxylic acid groups (broad SMARTS) is 1. The van der Waals surface area contributed by atoms with Crippen molar-refractivity contribution in [3.8, 4) is 0 Å². The molecular formula is C13H23NO2. The Kier molecular flexibility index (Phi) is 3.53. The first-order valence-electron chi connectivity index (χ1n) is 6.62. The molecule has 0 radical (unpaired) electrons. The average Bonchev–Trinajstić information content (AvgIpc) is 2.24. The Hall–Kier alpha value is -0.570. The third kappa shape index (κ3) is 2.24. The molecule has 1 saturated carbocycles. The molecule has 2 fully saturated rings. The molecule has 16 heavy (non-hydrogen) atoms. The molecule has 0 spiro atoms. The quantitative estimate of drug-likeness (QED) is 0.798. The monoisotopic (exact) mass is 225 g/mol. The summed E-state index contributed by atoms with van der Waals surface area (Å²) in [5.74, 6) is 0.251. The van der Waals surface area contributed by atoms with Crippen LogP contribution in [0.5, 0.6) is 0 Å². The molecule has 92 valence electrons. The van der Waals surface area contributed by atoms with Crippen molar-refractivity contribution in [1.82, 2.24) is 4.90 Å². The van der Waals surface area contributed by atoms with Crippen molar-refractivity contribution >= 4 is 5.97 Å². The minimum absolute atomic E-state index is 0.420. The Morgan fingerprint density at radius 1 is 1.31 bits per heavy atom. The van der Waals surface area contributed by atoms with Crippen LogP contribution >= 0.6 is 0 Å². The van der Waals surface area contributed by atoms with Crippen molar-refractivity contribution in [2.45, 2.75) is 45.4 Å². The molecule has 2 aliphatic rings. The Balaban J connectivity index is 1.91. The maximum Gasteiger partial charge on any atom is 0.310 e. The zero-order valence-electron chi connectivity index (χ0n) is 10.2. The number of nitrogens with zero attached hydrogens (tertiary/aromatic N) is 1. The van der Waals surface area contributed by atoms with Crippen molar-refractivity contribution in [2.24, 2.45) is 11.3 Å². The third-order valence-corrected chi connectivity index (χ3v) is 4.40. The Morgan fingerprint density at radius 3 is 2.44 bits per heavy atom. The van der Waals surface area contributed by atoms with Crippen LogP contribution in [0.1, 0.15) is 45.4 Å². The van der Waals surface area contributed by atoms with Gasteiger partial charge in [-0.2, -0.15) is 0 Å². The second-order valence-electron chi connectivity index (χ2n) is 5.61. The Bertz CT molecular complexity index is 253. The average molecular weight is 225 g/mol. The predicted molar refractivity (Wildman–Crippen MR) is 63.4 cm³/mol. The van der Waals surface area contributed by atoms with Gasteiger partial charge in [-0.05, 0) is 18.8 Å². The summed E-state index contributed by atoms with van der Waals surface area (Å²) >= 11 is 0. The van der Waals surface area contributed by atoms with Gasteiger partial charge in [-0.3, -0.25) is 4.79 Å². The van der Waals surface area contributed by atoms with Crippen LogP contribution in [0.3, 0.4) is 0 Å². The molecule has 1 aliphatic heterocycles. The van der Waals surface area contributed by atoms with Gasteiger partial charge in [0.1, 0.15) is 0 Å². The molecule has 0 aromatic heterocycles. The minimum atomic E-state index is -0.563. The lowest BCUT2D eigenvalue weighted by Gasteiger charge is -2.45. The van der Waals surface area contributed by atoms with E-state index in [4.69, 9.17) is 0 Å². The van der Waals surface area contributed by atoms with Gasteiger partial charge in [-0.1, -0.05) is 32.6 Å². The maximum atomic E-state index is 11.5. The fourth-order valence-electron chi connectivity index (χ4n) is 3.16. The highest BCUT2D eigenvalue weighted by Gasteiger charge is 2.42. The van der Waals surface area contributed by atoms with Crippen LogP contribution < -0.4 is 0 Å².